The van der Waals surface area contributed by atoms with Gasteiger partial charge in [-0.3, -0.25) is 0 Å². The smallest absolute Gasteiger partial charge is 0.137 e. The molecule has 0 bridgehead atoms. The lowest BCUT2D eigenvalue weighted by Gasteiger charge is -2.18. The maximum absolute atomic E-state index is 4.97. The van der Waals surface area contributed by atoms with Crippen LogP contribution >= 0.6 is 0 Å². The molecule has 0 spiro atoms. The van der Waals surface area contributed by atoms with E-state index in [0.29, 0.717) is 0 Å². The van der Waals surface area contributed by atoms with Crippen LogP contribution in [0, 0.1) is 0 Å². The SMILES string of the molecule is C1=C(Cn2c(C3=CCCCC3)nc3ccccc32)CCCC1. The molecule has 0 N–H and O–H groups in total. The summed E-state index contributed by atoms with van der Waals surface area (Å²) in [6, 6.07) is 8.60. The minimum Gasteiger partial charge on any atom is -0.320 e. The van der Waals surface area contributed by atoms with E-state index in [1.807, 2.05) is 0 Å². The minimum atomic E-state index is 1.02. The Morgan fingerprint density at radius 3 is 2.50 bits per heavy atom. The summed E-state index contributed by atoms with van der Waals surface area (Å²) in [5, 5.41) is 0. The standard InChI is InChI=1S/C20H24N2/c1-3-9-16(10-4-1)15-22-19-14-8-7-13-18(19)21-20(22)17-11-5-2-6-12-17/h7-9,11,13-14H,1-6,10,12,15H2. The summed E-state index contributed by atoms with van der Waals surface area (Å²) in [5.41, 5.74) is 5.47. The fourth-order valence-corrected chi connectivity index (χ4v) is 3.77. The topological polar surface area (TPSA) is 17.8 Å². The molecule has 2 nitrogen and oxygen atoms in total. The van der Waals surface area contributed by atoms with Gasteiger partial charge in [0.2, 0.25) is 0 Å². The van der Waals surface area contributed by atoms with E-state index in [4.69, 9.17) is 4.98 Å². The highest BCUT2D eigenvalue weighted by Crippen LogP contribution is 2.30. The van der Waals surface area contributed by atoms with E-state index in [0.717, 1.165) is 12.1 Å². The van der Waals surface area contributed by atoms with Crippen LogP contribution in [0.2, 0.25) is 0 Å². The lowest BCUT2D eigenvalue weighted by Crippen LogP contribution is -2.08. The van der Waals surface area contributed by atoms with Crippen LogP contribution in [0.4, 0.5) is 0 Å². The highest BCUT2D eigenvalue weighted by Gasteiger charge is 2.17. The van der Waals surface area contributed by atoms with Gasteiger partial charge in [-0.15, -0.1) is 0 Å². The van der Waals surface area contributed by atoms with Gasteiger partial charge >= 0.3 is 0 Å². The molecule has 1 heterocycles. The predicted octanol–water partition coefficient (Wildman–Crippen LogP) is 5.49. The molecule has 1 aromatic heterocycles. The highest BCUT2D eigenvalue weighted by molar-refractivity contribution is 5.80. The molecule has 2 heteroatoms. The Balaban J connectivity index is 1.79. The second-order valence-corrected chi connectivity index (χ2v) is 6.59. The monoisotopic (exact) mass is 292 g/mol. The van der Waals surface area contributed by atoms with Crippen molar-refractivity contribution in [3.05, 3.63) is 47.8 Å². The highest BCUT2D eigenvalue weighted by atomic mass is 15.1. The Bertz CT molecular complexity index is 733. The lowest BCUT2D eigenvalue weighted by atomic mass is 9.98. The van der Waals surface area contributed by atoms with Crippen LogP contribution in [0.1, 0.15) is 57.2 Å². The van der Waals surface area contributed by atoms with Crippen LogP contribution in [-0.4, -0.2) is 9.55 Å². The molecule has 0 saturated carbocycles. The average Bonchev–Trinajstić information content (AvgIpc) is 2.95. The number of hydrogen-bond acceptors (Lipinski definition) is 1. The van der Waals surface area contributed by atoms with Crippen molar-refractivity contribution in [1.82, 2.24) is 9.55 Å². The van der Waals surface area contributed by atoms with Gasteiger partial charge in [0.1, 0.15) is 5.82 Å². The van der Waals surface area contributed by atoms with E-state index in [-0.39, 0.29) is 0 Å². The van der Waals surface area contributed by atoms with Crippen LogP contribution in [0.25, 0.3) is 16.6 Å². The van der Waals surface area contributed by atoms with Crippen molar-refractivity contribution in [2.45, 2.75) is 57.9 Å². The van der Waals surface area contributed by atoms with E-state index in [9.17, 15) is 0 Å². The van der Waals surface area contributed by atoms with E-state index < -0.39 is 0 Å². The number of allylic oxidation sites excluding steroid dienone is 4. The molecule has 0 atom stereocenters. The van der Waals surface area contributed by atoms with Gasteiger partial charge in [-0.25, -0.2) is 4.98 Å². The van der Waals surface area contributed by atoms with Crippen molar-refractivity contribution in [3.63, 3.8) is 0 Å². The maximum Gasteiger partial charge on any atom is 0.137 e. The maximum atomic E-state index is 4.97. The van der Waals surface area contributed by atoms with Gasteiger partial charge in [0.15, 0.2) is 0 Å². The van der Waals surface area contributed by atoms with Crippen LogP contribution in [-0.2, 0) is 6.54 Å². The Hall–Kier alpha value is -1.83. The van der Waals surface area contributed by atoms with Crippen LogP contribution in [0.5, 0.6) is 0 Å². The first-order chi connectivity index (χ1) is 10.9. The third-order valence-corrected chi connectivity index (χ3v) is 4.98. The van der Waals surface area contributed by atoms with Gasteiger partial charge in [0, 0.05) is 6.54 Å². The summed E-state index contributed by atoms with van der Waals surface area (Å²) < 4.78 is 2.46. The molecular weight excluding hydrogens is 268 g/mol. The first-order valence-electron chi connectivity index (χ1n) is 8.74. The molecule has 0 unspecified atom stereocenters. The number of aromatic nitrogens is 2. The van der Waals surface area contributed by atoms with Crippen LogP contribution in [0.3, 0.4) is 0 Å². The average molecular weight is 292 g/mol. The van der Waals surface area contributed by atoms with Gasteiger partial charge in [0.25, 0.3) is 0 Å². The summed E-state index contributed by atoms with van der Waals surface area (Å²) in [7, 11) is 0. The zero-order valence-electron chi connectivity index (χ0n) is 13.2. The number of para-hydroxylation sites is 2. The van der Waals surface area contributed by atoms with E-state index in [1.165, 1.54) is 68.3 Å². The van der Waals surface area contributed by atoms with Gasteiger partial charge < -0.3 is 4.57 Å². The van der Waals surface area contributed by atoms with Crippen LogP contribution in [0.15, 0.2) is 42.0 Å². The molecule has 2 aliphatic rings. The third kappa shape index (κ3) is 2.63. The van der Waals surface area contributed by atoms with Crippen molar-refractivity contribution >= 4 is 16.6 Å². The number of hydrogen-bond donors (Lipinski definition) is 0. The Labute approximate surface area is 132 Å². The molecule has 4 rings (SSSR count). The number of imidazole rings is 1. The fourth-order valence-electron chi connectivity index (χ4n) is 3.77. The Morgan fingerprint density at radius 1 is 0.909 bits per heavy atom. The zero-order valence-corrected chi connectivity index (χ0v) is 13.2. The molecule has 0 radical (unpaired) electrons. The van der Waals surface area contributed by atoms with E-state index in [1.54, 1.807) is 5.57 Å². The quantitative estimate of drug-likeness (QED) is 0.683. The molecule has 0 saturated heterocycles. The van der Waals surface area contributed by atoms with Crippen molar-refractivity contribution in [2.75, 3.05) is 0 Å². The molecule has 2 aromatic rings. The Morgan fingerprint density at radius 2 is 1.73 bits per heavy atom. The summed E-state index contributed by atoms with van der Waals surface area (Å²) in [5.74, 6) is 1.22. The van der Waals surface area contributed by atoms with Crippen molar-refractivity contribution in [1.29, 1.82) is 0 Å². The number of rotatable bonds is 3. The van der Waals surface area contributed by atoms with Gasteiger partial charge in [-0.1, -0.05) is 29.9 Å². The predicted molar refractivity (Wildman–Crippen MR) is 92.7 cm³/mol. The van der Waals surface area contributed by atoms with Crippen molar-refractivity contribution in [2.24, 2.45) is 0 Å². The Kier molecular flexibility index (Phi) is 3.84. The molecule has 2 aliphatic carbocycles. The normalized spacial score (nSPS) is 19.1. The van der Waals surface area contributed by atoms with Gasteiger partial charge in [0.05, 0.1) is 11.0 Å². The number of nitrogens with zero attached hydrogens (tertiary/aromatic N) is 2. The van der Waals surface area contributed by atoms with Crippen molar-refractivity contribution in [3.8, 4) is 0 Å². The number of benzene rings is 1. The molecule has 0 fully saturated rings. The lowest BCUT2D eigenvalue weighted by molar-refractivity contribution is 0.645. The zero-order chi connectivity index (χ0) is 14.8. The summed E-state index contributed by atoms with van der Waals surface area (Å²) in [4.78, 5) is 4.97. The third-order valence-electron chi connectivity index (χ3n) is 4.98. The second-order valence-electron chi connectivity index (χ2n) is 6.59. The van der Waals surface area contributed by atoms with Crippen LogP contribution < -0.4 is 0 Å². The molecular formula is C20H24N2. The van der Waals surface area contributed by atoms with Crippen molar-refractivity contribution < 1.29 is 0 Å². The van der Waals surface area contributed by atoms with Gasteiger partial charge in [-0.2, -0.15) is 0 Å². The molecule has 22 heavy (non-hydrogen) atoms. The first-order valence-corrected chi connectivity index (χ1v) is 8.74. The fraction of sp³-hybridized carbons (Fsp3) is 0.450. The summed E-state index contributed by atoms with van der Waals surface area (Å²) in [6.07, 6.45) is 15.1. The molecule has 0 aliphatic heterocycles. The van der Waals surface area contributed by atoms with E-state index in [2.05, 4.69) is 41.0 Å². The largest absolute Gasteiger partial charge is 0.320 e. The summed E-state index contributed by atoms with van der Waals surface area (Å²) in [6.45, 7) is 1.02. The minimum absolute atomic E-state index is 1.02. The second kappa shape index (κ2) is 6.12. The first kappa shape index (κ1) is 13.8. The van der Waals surface area contributed by atoms with Gasteiger partial charge in [-0.05, 0) is 69.1 Å². The summed E-state index contributed by atoms with van der Waals surface area (Å²) >= 11 is 0. The molecule has 1 aromatic carbocycles. The molecule has 0 amide bonds. The number of fused-ring (bicyclic) bond motifs is 1. The molecule has 114 valence electrons. The van der Waals surface area contributed by atoms with E-state index >= 15 is 0 Å².